The van der Waals surface area contributed by atoms with Crippen LogP contribution in [-0.4, -0.2) is 28.4 Å². The van der Waals surface area contributed by atoms with Gasteiger partial charge in [-0.05, 0) is 55.2 Å². The van der Waals surface area contributed by atoms with Crippen molar-refractivity contribution >= 4 is 5.82 Å². The van der Waals surface area contributed by atoms with Crippen molar-refractivity contribution in [3.8, 4) is 17.6 Å². The Morgan fingerprint density at radius 3 is 2.30 bits per heavy atom. The molecule has 20 heavy (non-hydrogen) atoms. The number of nitrogens with zero attached hydrogens (tertiary/aromatic N) is 3. The average molecular weight is 265 g/mol. The molecule has 0 amide bonds. The lowest BCUT2D eigenvalue weighted by Gasteiger charge is -2.14. The van der Waals surface area contributed by atoms with E-state index in [0.29, 0.717) is 5.69 Å². The fourth-order valence-electron chi connectivity index (χ4n) is 2.19. The highest BCUT2D eigenvalue weighted by Gasteiger charge is 2.13. The van der Waals surface area contributed by atoms with Crippen LogP contribution in [0.1, 0.15) is 24.1 Å². The quantitative estimate of drug-likeness (QED) is 0.803. The lowest BCUT2D eigenvalue weighted by Crippen LogP contribution is -2.19. The van der Waals surface area contributed by atoms with E-state index in [2.05, 4.69) is 26.9 Å². The third-order valence-corrected chi connectivity index (χ3v) is 3.28. The fraction of sp³-hybridized carbons (Fsp3) is 0.250. The number of aromatic hydroxyl groups is 1. The third-order valence-electron chi connectivity index (χ3n) is 3.28. The number of benzene rings is 1. The molecule has 0 atom stereocenters. The molecule has 1 N–H and O–H groups in total. The van der Waals surface area contributed by atoms with E-state index in [1.807, 2.05) is 12.1 Å². The largest absolute Gasteiger partial charge is 0.508 e. The molecule has 4 heteroatoms. The van der Waals surface area contributed by atoms with Crippen molar-refractivity contribution in [1.82, 2.24) is 10.2 Å². The summed E-state index contributed by atoms with van der Waals surface area (Å²) in [5, 5.41) is 17.6. The zero-order valence-corrected chi connectivity index (χ0v) is 11.1. The predicted octanol–water partition coefficient (Wildman–Crippen LogP) is 2.18. The molecule has 0 radical (unpaired) electrons. The van der Waals surface area contributed by atoms with E-state index < -0.39 is 0 Å². The van der Waals surface area contributed by atoms with Gasteiger partial charge >= 0.3 is 0 Å². The van der Waals surface area contributed by atoms with Crippen LogP contribution in [0.15, 0.2) is 36.4 Å². The maximum Gasteiger partial charge on any atom is 0.151 e. The molecule has 4 nitrogen and oxygen atoms in total. The first-order valence-corrected chi connectivity index (χ1v) is 6.71. The standard InChI is InChI=1S/C16H15N3O/c20-15-8-4-13(5-9-15)3-6-14-7-10-16(18-17-14)19-11-1-2-12-19/h4-5,7-10,20H,1-2,11-12H2. The Morgan fingerprint density at radius 1 is 0.900 bits per heavy atom. The molecule has 0 saturated carbocycles. The summed E-state index contributed by atoms with van der Waals surface area (Å²) in [4.78, 5) is 2.24. The van der Waals surface area contributed by atoms with Gasteiger partial charge in [-0.2, -0.15) is 0 Å². The predicted molar refractivity (Wildman–Crippen MR) is 77.6 cm³/mol. The maximum atomic E-state index is 9.20. The summed E-state index contributed by atoms with van der Waals surface area (Å²) in [5.41, 5.74) is 1.49. The first-order valence-electron chi connectivity index (χ1n) is 6.71. The zero-order valence-electron chi connectivity index (χ0n) is 11.1. The number of hydrogen-bond donors (Lipinski definition) is 1. The van der Waals surface area contributed by atoms with Crippen LogP contribution >= 0.6 is 0 Å². The summed E-state index contributed by atoms with van der Waals surface area (Å²) in [6.07, 6.45) is 2.45. The minimum Gasteiger partial charge on any atom is -0.508 e. The minimum atomic E-state index is 0.241. The van der Waals surface area contributed by atoms with Crippen molar-refractivity contribution in [2.24, 2.45) is 0 Å². The van der Waals surface area contributed by atoms with E-state index in [1.54, 1.807) is 24.3 Å². The average Bonchev–Trinajstić information content (AvgIpc) is 3.01. The highest BCUT2D eigenvalue weighted by atomic mass is 16.3. The molecule has 2 aromatic rings. The van der Waals surface area contributed by atoms with E-state index in [1.165, 1.54) is 12.8 Å². The van der Waals surface area contributed by atoms with Crippen LogP contribution in [0.5, 0.6) is 5.75 Å². The van der Waals surface area contributed by atoms with E-state index in [-0.39, 0.29) is 5.75 Å². The van der Waals surface area contributed by atoms with Crippen LogP contribution in [0.4, 0.5) is 5.82 Å². The van der Waals surface area contributed by atoms with E-state index in [4.69, 9.17) is 0 Å². The number of phenolic OH excluding ortho intramolecular Hbond substituents is 1. The zero-order chi connectivity index (χ0) is 13.8. The van der Waals surface area contributed by atoms with Gasteiger partial charge in [0.2, 0.25) is 0 Å². The van der Waals surface area contributed by atoms with Gasteiger partial charge in [-0.15, -0.1) is 10.2 Å². The van der Waals surface area contributed by atoms with Crippen LogP contribution in [0.25, 0.3) is 0 Å². The molecule has 1 saturated heterocycles. The molecule has 100 valence electrons. The summed E-state index contributed by atoms with van der Waals surface area (Å²) in [6, 6.07) is 10.6. The number of anilines is 1. The SMILES string of the molecule is Oc1ccc(C#Cc2ccc(N3CCCC3)nn2)cc1. The Labute approximate surface area is 118 Å². The molecular weight excluding hydrogens is 250 g/mol. The molecule has 0 bridgehead atoms. The minimum absolute atomic E-state index is 0.241. The van der Waals surface area contributed by atoms with Gasteiger partial charge in [0.15, 0.2) is 5.82 Å². The highest BCUT2D eigenvalue weighted by molar-refractivity contribution is 5.44. The van der Waals surface area contributed by atoms with Gasteiger partial charge in [-0.1, -0.05) is 5.92 Å². The van der Waals surface area contributed by atoms with Crippen LogP contribution in [0.3, 0.4) is 0 Å². The maximum absolute atomic E-state index is 9.20. The Bertz CT molecular complexity index is 632. The lowest BCUT2D eigenvalue weighted by atomic mass is 10.2. The van der Waals surface area contributed by atoms with Crippen LogP contribution < -0.4 is 4.90 Å². The normalized spacial score (nSPS) is 13.9. The monoisotopic (exact) mass is 265 g/mol. The highest BCUT2D eigenvalue weighted by Crippen LogP contribution is 2.16. The van der Waals surface area contributed by atoms with E-state index in [0.717, 1.165) is 24.5 Å². The molecule has 1 fully saturated rings. The molecule has 0 spiro atoms. The van der Waals surface area contributed by atoms with Crippen LogP contribution in [0, 0.1) is 11.8 Å². The molecule has 1 aliphatic rings. The van der Waals surface area contributed by atoms with Gasteiger partial charge in [-0.3, -0.25) is 0 Å². The number of aromatic nitrogens is 2. The van der Waals surface area contributed by atoms with Crippen LogP contribution in [0.2, 0.25) is 0 Å². The summed E-state index contributed by atoms with van der Waals surface area (Å²) in [7, 11) is 0. The summed E-state index contributed by atoms with van der Waals surface area (Å²) >= 11 is 0. The number of hydrogen-bond acceptors (Lipinski definition) is 4. The molecule has 1 aromatic carbocycles. The van der Waals surface area contributed by atoms with Gasteiger partial charge < -0.3 is 10.0 Å². The topological polar surface area (TPSA) is 49.2 Å². The lowest BCUT2D eigenvalue weighted by molar-refractivity contribution is 0.475. The second kappa shape index (κ2) is 5.62. The first-order chi connectivity index (χ1) is 9.81. The molecular formula is C16H15N3O. The van der Waals surface area contributed by atoms with Gasteiger partial charge in [-0.25, -0.2) is 0 Å². The fourth-order valence-corrected chi connectivity index (χ4v) is 2.19. The Morgan fingerprint density at radius 2 is 1.65 bits per heavy atom. The van der Waals surface area contributed by atoms with Gasteiger partial charge in [0.1, 0.15) is 11.4 Å². The van der Waals surface area contributed by atoms with Crippen LogP contribution in [-0.2, 0) is 0 Å². The van der Waals surface area contributed by atoms with E-state index in [9.17, 15) is 5.11 Å². The van der Waals surface area contributed by atoms with Gasteiger partial charge in [0.25, 0.3) is 0 Å². The van der Waals surface area contributed by atoms with Crippen molar-refractivity contribution in [2.45, 2.75) is 12.8 Å². The van der Waals surface area contributed by atoms with Gasteiger partial charge in [0.05, 0.1) is 0 Å². The third kappa shape index (κ3) is 2.89. The van der Waals surface area contributed by atoms with Crippen molar-refractivity contribution in [3.63, 3.8) is 0 Å². The van der Waals surface area contributed by atoms with Crippen molar-refractivity contribution < 1.29 is 5.11 Å². The van der Waals surface area contributed by atoms with E-state index >= 15 is 0 Å². The Balaban J connectivity index is 1.73. The van der Waals surface area contributed by atoms with Crippen molar-refractivity contribution in [1.29, 1.82) is 0 Å². The summed E-state index contributed by atoms with van der Waals surface area (Å²) < 4.78 is 0. The number of phenols is 1. The molecule has 1 aliphatic heterocycles. The van der Waals surface area contributed by atoms with Gasteiger partial charge in [0, 0.05) is 18.7 Å². The summed E-state index contributed by atoms with van der Waals surface area (Å²) in [5.74, 6) is 7.14. The molecule has 1 aromatic heterocycles. The second-order valence-corrected chi connectivity index (χ2v) is 4.77. The molecule has 2 heterocycles. The first kappa shape index (κ1) is 12.5. The van der Waals surface area contributed by atoms with Crippen molar-refractivity contribution in [3.05, 3.63) is 47.7 Å². The van der Waals surface area contributed by atoms with Crippen molar-refractivity contribution in [2.75, 3.05) is 18.0 Å². The molecule has 0 unspecified atom stereocenters. The second-order valence-electron chi connectivity index (χ2n) is 4.77. The summed E-state index contributed by atoms with van der Waals surface area (Å²) in [6.45, 7) is 2.13. The Kier molecular flexibility index (Phi) is 3.51. The Hall–Kier alpha value is -2.54. The molecule has 3 rings (SSSR count). The smallest absolute Gasteiger partial charge is 0.151 e. The number of rotatable bonds is 1. The molecule has 0 aliphatic carbocycles.